The summed E-state index contributed by atoms with van der Waals surface area (Å²) in [7, 11) is 1.29. The average Bonchev–Trinajstić information content (AvgIpc) is 2.81. The lowest BCUT2D eigenvalue weighted by molar-refractivity contribution is -0.141. The highest BCUT2D eigenvalue weighted by molar-refractivity contribution is 7.25. The van der Waals surface area contributed by atoms with Crippen molar-refractivity contribution >= 4 is 37.6 Å². The minimum absolute atomic E-state index is 0.119. The Labute approximate surface area is 112 Å². The number of thiophene rings is 1. The number of esters is 1. The number of hydrogen-bond donors (Lipinski definition) is 0. The maximum Gasteiger partial charge on any atom is 0.325 e. The first kappa shape index (κ1) is 11.9. The normalized spacial score (nSPS) is 11.0. The Hall–Kier alpha value is -2.21. The smallest absolute Gasteiger partial charge is 0.325 e. The number of fused-ring (bicyclic) bond motifs is 3. The monoisotopic (exact) mass is 274 g/mol. The Morgan fingerprint density at radius 2 is 2.21 bits per heavy atom. The van der Waals surface area contributed by atoms with Crippen LogP contribution in [0.2, 0.25) is 0 Å². The zero-order chi connectivity index (χ0) is 13.4. The van der Waals surface area contributed by atoms with Gasteiger partial charge in [0.15, 0.2) is 0 Å². The van der Waals surface area contributed by atoms with Crippen molar-refractivity contribution < 1.29 is 9.53 Å². The Morgan fingerprint density at radius 1 is 1.42 bits per heavy atom. The number of ether oxygens (including phenoxy) is 1. The van der Waals surface area contributed by atoms with Crippen molar-refractivity contribution in [1.29, 1.82) is 0 Å². The first-order valence-corrected chi connectivity index (χ1v) is 6.46. The summed E-state index contributed by atoms with van der Waals surface area (Å²) in [5.41, 5.74) is 0.475. The van der Waals surface area contributed by atoms with Crippen molar-refractivity contribution in [3.05, 3.63) is 40.9 Å². The van der Waals surface area contributed by atoms with E-state index in [-0.39, 0.29) is 12.1 Å². The van der Waals surface area contributed by atoms with E-state index < -0.39 is 5.97 Å². The summed E-state index contributed by atoms with van der Waals surface area (Å²) in [6, 6.07) is 7.72. The van der Waals surface area contributed by atoms with Gasteiger partial charge in [-0.2, -0.15) is 0 Å². The lowest BCUT2D eigenvalue weighted by Crippen LogP contribution is -2.24. The molecule has 0 unspecified atom stereocenters. The van der Waals surface area contributed by atoms with E-state index >= 15 is 0 Å². The van der Waals surface area contributed by atoms with E-state index in [1.807, 2.05) is 24.3 Å². The van der Waals surface area contributed by atoms with Gasteiger partial charge in [-0.1, -0.05) is 18.2 Å². The van der Waals surface area contributed by atoms with E-state index in [0.717, 1.165) is 10.1 Å². The average molecular weight is 274 g/mol. The molecule has 0 saturated carbocycles. The molecule has 0 amide bonds. The third-order valence-corrected chi connectivity index (χ3v) is 4.03. The minimum Gasteiger partial charge on any atom is -0.468 e. The van der Waals surface area contributed by atoms with E-state index in [1.165, 1.54) is 29.3 Å². The molecule has 3 rings (SSSR count). The molecule has 0 saturated heterocycles. The summed E-state index contributed by atoms with van der Waals surface area (Å²) in [4.78, 5) is 27.8. The second-order valence-corrected chi connectivity index (χ2v) is 5.08. The van der Waals surface area contributed by atoms with Gasteiger partial charge < -0.3 is 4.74 Å². The van der Waals surface area contributed by atoms with E-state index in [0.29, 0.717) is 10.2 Å². The van der Waals surface area contributed by atoms with E-state index in [9.17, 15) is 9.59 Å². The van der Waals surface area contributed by atoms with Crippen molar-refractivity contribution in [1.82, 2.24) is 9.55 Å². The van der Waals surface area contributed by atoms with Crippen molar-refractivity contribution in [2.45, 2.75) is 6.54 Å². The predicted molar refractivity (Wildman–Crippen MR) is 73.4 cm³/mol. The first-order valence-electron chi connectivity index (χ1n) is 5.64. The molecule has 0 fully saturated rings. The van der Waals surface area contributed by atoms with Crippen LogP contribution < -0.4 is 5.56 Å². The van der Waals surface area contributed by atoms with Crippen LogP contribution in [0.3, 0.4) is 0 Å². The van der Waals surface area contributed by atoms with Gasteiger partial charge in [-0.25, -0.2) is 4.98 Å². The van der Waals surface area contributed by atoms with E-state index in [1.54, 1.807) is 0 Å². The molecule has 0 N–H and O–H groups in total. The summed E-state index contributed by atoms with van der Waals surface area (Å²) in [6.07, 6.45) is 1.39. The zero-order valence-corrected chi connectivity index (χ0v) is 10.9. The molecule has 19 heavy (non-hydrogen) atoms. The van der Waals surface area contributed by atoms with Crippen molar-refractivity contribution in [2.24, 2.45) is 0 Å². The number of carbonyl (C=O) groups is 1. The highest BCUT2D eigenvalue weighted by atomic mass is 32.1. The van der Waals surface area contributed by atoms with Crippen LogP contribution in [0.25, 0.3) is 20.3 Å². The first-order chi connectivity index (χ1) is 9.20. The molecule has 0 aliphatic heterocycles. The van der Waals surface area contributed by atoms with Crippen LogP contribution in [-0.4, -0.2) is 22.6 Å². The van der Waals surface area contributed by atoms with Crippen LogP contribution in [0.15, 0.2) is 35.4 Å². The maximum absolute atomic E-state index is 12.3. The molecule has 0 atom stereocenters. The summed E-state index contributed by atoms with van der Waals surface area (Å²) >= 11 is 1.39. The van der Waals surface area contributed by atoms with Crippen molar-refractivity contribution in [3.8, 4) is 0 Å². The van der Waals surface area contributed by atoms with Gasteiger partial charge in [0, 0.05) is 10.1 Å². The quantitative estimate of drug-likeness (QED) is 0.668. The van der Waals surface area contributed by atoms with Gasteiger partial charge in [0.2, 0.25) is 0 Å². The summed E-state index contributed by atoms with van der Waals surface area (Å²) in [6.45, 7) is -0.119. The van der Waals surface area contributed by atoms with Gasteiger partial charge in [-0.15, -0.1) is 11.3 Å². The molecule has 96 valence electrons. The molecule has 3 aromatic rings. The molecule has 0 radical (unpaired) electrons. The summed E-state index contributed by atoms with van der Waals surface area (Å²) < 4.78 is 7.40. The molecule has 1 aromatic carbocycles. The van der Waals surface area contributed by atoms with Crippen LogP contribution in [0.4, 0.5) is 0 Å². The van der Waals surface area contributed by atoms with Gasteiger partial charge in [-0.3, -0.25) is 14.2 Å². The second kappa shape index (κ2) is 4.47. The number of rotatable bonds is 2. The molecule has 0 aliphatic carbocycles. The lowest BCUT2D eigenvalue weighted by Gasteiger charge is -2.02. The fraction of sp³-hybridized carbons (Fsp3) is 0.154. The molecular formula is C13H10N2O3S. The minimum atomic E-state index is -0.468. The number of methoxy groups -OCH3 is 1. The van der Waals surface area contributed by atoms with Crippen LogP contribution in [0.5, 0.6) is 0 Å². The van der Waals surface area contributed by atoms with Gasteiger partial charge in [0.25, 0.3) is 5.56 Å². The highest BCUT2D eigenvalue weighted by Crippen LogP contribution is 2.29. The van der Waals surface area contributed by atoms with Gasteiger partial charge >= 0.3 is 5.97 Å². The second-order valence-electron chi connectivity index (χ2n) is 4.03. The van der Waals surface area contributed by atoms with Crippen LogP contribution >= 0.6 is 11.3 Å². The number of carbonyl (C=O) groups excluding carboxylic acids is 1. The Balaban J connectivity index is 2.25. The Bertz CT molecular complexity index is 835. The molecule has 6 heteroatoms. The van der Waals surface area contributed by atoms with E-state index in [2.05, 4.69) is 9.72 Å². The van der Waals surface area contributed by atoms with Crippen LogP contribution in [-0.2, 0) is 16.1 Å². The standard InChI is InChI=1S/C13H10N2O3S/c1-18-10(16)6-15-7-14-11-8-4-2-3-5-9(8)19-12(11)13(15)17/h2-5,7H,6H2,1H3. The Morgan fingerprint density at radius 3 is 3.00 bits per heavy atom. The SMILES string of the molecule is COC(=O)Cn1cnc2c(sc3ccccc32)c1=O. The zero-order valence-electron chi connectivity index (χ0n) is 10.1. The largest absolute Gasteiger partial charge is 0.468 e. The molecule has 0 aliphatic rings. The third-order valence-electron chi connectivity index (χ3n) is 2.88. The predicted octanol–water partition coefficient (Wildman–Crippen LogP) is 1.78. The number of benzene rings is 1. The van der Waals surface area contributed by atoms with Gasteiger partial charge in [0.1, 0.15) is 11.2 Å². The van der Waals surface area contributed by atoms with Gasteiger partial charge in [-0.05, 0) is 6.07 Å². The molecule has 2 heterocycles. The van der Waals surface area contributed by atoms with E-state index in [4.69, 9.17) is 0 Å². The molecule has 0 bridgehead atoms. The number of aromatic nitrogens is 2. The number of hydrogen-bond acceptors (Lipinski definition) is 5. The Kier molecular flexibility index (Phi) is 2.79. The van der Waals surface area contributed by atoms with Crippen LogP contribution in [0.1, 0.15) is 0 Å². The number of nitrogens with zero attached hydrogens (tertiary/aromatic N) is 2. The maximum atomic E-state index is 12.3. The molecular weight excluding hydrogens is 264 g/mol. The molecule has 5 nitrogen and oxygen atoms in total. The highest BCUT2D eigenvalue weighted by Gasteiger charge is 2.12. The van der Waals surface area contributed by atoms with Crippen molar-refractivity contribution in [2.75, 3.05) is 7.11 Å². The van der Waals surface area contributed by atoms with Crippen molar-refractivity contribution in [3.63, 3.8) is 0 Å². The third kappa shape index (κ3) is 1.90. The van der Waals surface area contributed by atoms with Crippen LogP contribution in [0, 0.1) is 0 Å². The fourth-order valence-electron chi connectivity index (χ4n) is 1.93. The summed E-state index contributed by atoms with van der Waals surface area (Å²) in [5, 5.41) is 0.963. The summed E-state index contributed by atoms with van der Waals surface area (Å²) in [5.74, 6) is -0.468. The topological polar surface area (TPSA) is 61.2 Å². The lowest BCUT2D eigenvalue weighted by atomic mass is 10.2. The van der Waals surface area contributed by atoms with Gasteiger partial charge in [0.05, 0.1) is 19.0 Å². The molecule has 0 spiro atoms. The molecule has 2 aromatic heterocycles. The fourth-order valence-corrected chi connectivity index (χ4v) is 3.04.